The number of ether oxygens (including phenoxy) is 1. The van der Waals surface area contributed by atoms with Crippen LogP contribution in [0.2, 0.25) is 0 Å². The molecule has 1 aliphatic rings. The Morgan fingerprint density at radius 1 is 1.07 bits per heavy atom. The monoisotopic (exact) mass is 447 g/mol. The summed E-state index contributed by atoms with van der Waals surface area (Å²) in [7, 11) is 0. The molecular formula is C23H18BrN3O2. The van der Waals surface area contributed by atoms with Crippen molar-refractivity contribution in [3.05, 3.63) is 75.9 Å². The van der Waals surface area contributed by atoms with Gasteiger partial charge in [-0.1, -0.05) is 52.3 Å². The predicted octanol–water partition coefficient (Wildman–Crippen LogP) is 5.87. The predicted molar refractivity (Wildman–Crippen MR) is 115 cm³/mol. The van der Waals surface area contributed by atoms with Crippen LogP contribution < -0.4 is 10.1 Å². The van der Waals surface area contributed by atoms with Gasteiger partial charge in [-0.2, -0.15) is 5.26 Å². The molecule has 0 saturated carbocycles. The zero-order chi connectivity index (χ0) is 20.2. The van der Waals surface area contributed by atoms with Crippen LogP contribution in [0.15, 0.2) is 59.1 Å². The maximum absolute atomic E-state index is 12.4. The van der Waals surface area contributed by atoms with Gasteiger partial charge in [0, 0.05) is 21.4 Å². The quantitative estimate of drug-likeness (QED) is 0.544. The van der Waals surface area contributed by atoms with Gasteiger partial charge in [-0.25, -0.2) is 9.78 Å². The molecule has 1 amide bonds. The second-order valence-corrected chi connectivity index (χ2v) is 7.63. The van der Waals surface area contributed by atoms with Gasteiger partial charge < -0.3 is 4.74 Å². The van der Waals surface area contributed by atoms with Gasteiger partial charge in [0.2, 0.25) is 5.88 Å². The maximum atomic E-state index is 12.4. The van der Waals surface area contributed by atoms with E-state index in [1.807, 2.05) is 42.5 Å². The lowest BCUT2D eigenvalue weighted by Gasteiger charge is -2.22. The highest BCUT2D eigenvalue weighted by Gasteiger charge is 2.26. The lowest BCUT2D eigenvalue weighted by atomic mass is 9.87. The summed E-state index contributed by atoms with van der Waals surface area (Å²) in [6.07, 6.45) is 3.05. The lowest BCUT2D eigenvalue weighted by Crippen LogP contribution is -2.20. The Bertz CT molecular complexity index is 1110. The van der Waals surface area contributed by atoms with Crippen molar-refractivity contribution in [3.63, 3.8) is 0 Å². The van der Waals surface area contributed by atoms with E-state index in [2.05, 4.69) is 32.3 Å². The molecule has 1 aromatic heterocycles. The number of hydrogen-bond donors (Lipinski definition) is 1. The van der Waals surface area contributed by atoms with E-state index in [1.165, 1.54) is 0 Å². The molecule has 1 aliphatic carbocycles. The smallest absolute Gasteiger partial charge is 0.390 e. The van der Waals surface area contributed by atoms with E-state index in [-0.39, 0.29) is 11.4 Å². The normalized spacial score (nSPS) is 12.6. The highest BCUT2D eigenvalue weighted by molar-refractivity contribution is 9.10. The minimum Gasteiger partial charge on any atom is -0.390 e. The molecule has 0 radical (unpaired) electrons. The van der Waals surface area contributed by atoms with Crippen LogP contribution in [-0.2, 0) is 12.8 Å². The van der Waals surface area contributed by atoms with Crippen LogP contribution in [0.1, 0.15) is 29.7 Å². The second kappa shape index (κ2) is 8.46. The first-order chi connectivity index (χ1) is 14.2. The maximum Gasteiger partial charge on any atom is 0.418 e. The number of anilines is 1. The summed E-state index contributed by atoms with van der Waals surface area (Å²) in [4.78, 5) is 17.0. The van der Waals surface area contributed by atoms with Crippen LogP contribution in [0.4, 0.5) is 10.5 Å². The number of halogens is 1. The molecule has 1 N–H and O–H groups in total. The Hall–Kier alpha value is -3.17. The third-order valence-electron chi connectivity index (χ3n) is 4.91. The number of carbonyl (C=O) groups excluding carboxylic acids is 1. The summed E-state index contributed by atoms with van der Waals surface area (Å²) >= 11 is 3.59. The molecule has 144 valence electrons. The molecule has 0 fully saturated rings. The van der Waals surface area contributed by atoms with Crippen LogP contribution in [0, 0.1) is 11.3 Å². The van der Waals surface area contributed by atoms with Gasteiger partial charge in [0.1, 0.15) is 11.6 Å². The molecule has 3 aromatic rings. The molecule has 0 atom stereocenters. The molecule has 29 heavy (non-hydrogen) atoms. The van der Waals surface area contributed by atoms with Gasteiger partial charge in [-0.05, 0) is 55.0 Å². The Morgan fingerprint density at radius 3 is 2.55 bits per heavy atom. The molecule has 0 aliphatic heterocycles. The van der Waals surface area contributed by atoms with Crippen molar-refractivity contribution in [2.45, 2.75) is 25.7 Å². The third kappa shape index (κ3) is 4.01. The standard InChI is InChI=1S/C23H18BrN3O2/c24-19-12-6-4-10-16(19)21-17-11-5-7-13-20(17)27-22(18(21)14-25)29-23(28)26-15-8-2-1-3-9-15/h1-4,6,8-10,12H,5,7,11,13H2,(H,26,28). The zero-order valence-electron chi connectivity index (χ0n) is 15.6. The Kier molecular flexibility index (Phi) is 5.59. The SMILES string of the molecule is N#Cc1c(OC(=O)Nc2ccccc2)nc2c(c1-c1ccccc1Br)CCCC2. The van der Waals surface area contributed by atoms with E-state index in [9.17, 15) is 10.1 Å². The van der Waals surface area contributed by atoms with E-state index in [0.29, 0.717) is 5.69 Å². The topological polar surface area (TPSA) is 75.0 Å². The number of hydrogen-bond acceptors (Lipinski definition) is 4. The molecular weight excluding hydrogens is 430 g/mol. The lowest BCUT2D eigenvalue weighted by molar-refractivity contribution is 0.213. The van der Waals surface area contributed by atoms with E-state index in [4.69, 9.17) is 4.74 Å². The number of fused-ring (bicyclic) bond motifs is 1. The molecule has 0 bridgehead atoms. The van der Waals surface area contributed by atoms with E-state index >= 15 is 0 Å². The van der Waals surface area contributed by atoms with Crippen LogP contribution >= 0.6 is 15.9 Å². The summed E-state index contributed by atoms with van der Waals surface area (Å²) in [5, 5.41) is 12.6. The van der Waals surface area contributed by atoms with Crippen molar-refractivity contribution >= 4 is 27.7 Å². The van der Waals surface area contributed by atoms with Gasteiger partial charge in [0.25, 0.3) is 0 Å². The van der Waals surface area contributed by atoms with Crippen LogP contribution in [0.3, 0.4) is 0 Å². The van der Waals surface area contributed by atoms with Gasteiger partial charge >= 0.3 is 6.09 Å². The first kappa shape index (κ1) is 19.2. The summed E-state index contributed by atoms with van der Waals surface area (Å²) in [6.45, 7) is 0. The largest absolute Gasteiger partial charge is 0.418 e. The number of benzene rings is 2. The second-order valence-electron chi connectivity index (χ2n) is 6.77. The molecule has 6 heteroatoms. The molecule has 0 unspecified atom stereocenters. The number of amides is 1. The van der Waals surface area contributed by atoms with Crippen molar-refractivity contribution < 1.29 is 9.53 Å². The number of carbonyl (C=O) groups is 1. The Morgan fingerprint density at radius 2 is 1.79 bits per heavy atom. The molecule has 0 spiro atoms. The third-order valence-corrected chi connectivity index (χ3v) is 5.60. The van der Waals surface area contributed by atoms with Gasteiger partial charge in [0.15, 0.2) is 0 Å². The first-order valence-corrected chi connectivity index (χ1v) is 10.2. The minimum absolute atomic E-state index is 0.0485. The first-order valence-electron chi connectivity index (χ1n) is 9.42. The number of pyridine rings is 1. The number of aryl methyl sites for hydroxylation is 1. The van der Waals surface area contributed by atoms with Crippen molar-refractivity contribution in [3.8, 4) is 23.1 Å². The van der Waals surface area contributed by atoms with E-state index in [1.54, 1.807) is 12.1 Å². The molecule has 0 saturated heterocycles. The highest BCUT2D eigenvalue weighted by atomic mass is 79.9. The summed E-state index contributed by atoms with van der Waals surface area (Å²) in [5.41, 5.74) is 4.55. The summed E-state index contributed by atoms with van der Waals surface area (Å²) < 4.78 is 6.39. The average Bonchev–Trinajstić information content (AvgIpc) is 2.74. The number of nitrogens with one attached hydrogen (secondary N) is 1. The van der Waals surface area contributed by atoms with Crippen LogP contribution in [0.5, 0.6) is 5.88 Å². The molecule has 1 heterocycles. The van der Waals surface area contributed by atoms with Crippen molar-refractivity contribution in [1.82, 2.24) is 4.98 Å². The summed E-state index contributed by atoms with van der Waals surface area (Å²) in [5.74, 6) is 0.0485. The minimum atomic E-state index is -0.672. The number of aromatic nitrogens is 1. The van der Waals surface area contributed by atoms with Gasteiger partial charge in [0.05, 0.1) is 0 Å². The number of nitrogens with zero attached hydrogens (tertiary/aromatic N) is 2. The molecule has 5 nitrogen and oxygen atoms in total. The highest BCUT2D eigenvalue weighted by Crippen LogP contribution is 2.40. The van der Waals surface area contributed by atoms with Crippen molar-refractivity contribution in [2.75, 3.05) is 5.32 Å². The number of para-hydroxylation sites is 1. The fraction of sp³-hybridized carbons (Fsp3) is 0.174. The number of rotatable bonds is 3. The van der Waals surface area contributed by atoms with Crippen molar-refractivity contribution in [2.24, 2.45) is 0 Å². The fourth-order valence-corrected chi connectivity index (χ4v) is 4.09. The molecule has 4 rings (SSSR count). The molecule has 2 aromatic carbocycles. The average molecular weight is 448 g/mol. The van der Waals surface area contributed by atoms with E-state index in [0.717, 1.165) is 52.5 Å². The summed E-state index contributed by atoms with van der Waals surface area (Å²) in [6, 6.07) is 19.0. The van der Waals surface area contributed by atoms with Gasteiger partial charge in [-0.15, -0.1) is 0 Å². The van der Waals surface area contributed by atoms with Gasteiger partial charge in [-0.3, -0.25) is 5.32 Å². The zero-order valence-corrected chi connectivity index (χ0v) is 17.2. The van der Waals surface area contributed by atoms with E-state index < -0.39 is 6.09 Å². The van der Waals surface area contributed by atoms with Crippen LogP contribution in [0.25, 0.3) is 11.1 Å². The number of nitriles is 1. The fourth-order valence-electron chi connectivity index (χ4n) is 3.61. The van der Waals surface area contributed by atoms with Crippen LogP contribution in [-0.4, -0.2) is 11.1 Å². The Balaban J connectivity index is 1.79. The van der Waals surface area contributed by atoms with Crippen molar-refractivity contribution in [1.29, 1.82) is 5.26 Å². The Labute approximate surface area is 177 Å².